The Hall–Kier alpha value is -2.79. The van der Waals surface area contributed by atoms with E-state index in [4.69, 9.17) is 4.74 Å². The number of amides is 1. The van der Waals surface area contributed by atoms with Crippen molar-refractivity contribution >= 4 is 34.4 Å². The van der Waals surface area contributed by atoms with Crippen molar-refractivity contribution < 1.29 is 14.3 Å². The van der Waals surface area contributed by atoms with Gasteiger partial charge in [-0.25, -0.2) is 0 Å². The lowest BCUT2D eigenvalue weighted by molar-refractivity contribution is -0.152. The predicted octanol–water partition coefficient (Wildman–Crippen LogP) is 5.06. The summed E-state index contributed by atoms with van der Waals surface area (Å²) in [6, 6.07) is 22.4. The molecule has 0 heterocycles. The molecule has 5 heteroatoms. The summed E-state index contributed by atoms with van der Waals surface area (Å²) in [5.74, 6) is -0.469. The maximum Gasteiger partial charge on any atom is 0.317 e. The number of carbonyl (C=O) groups is 2. The van der Waals surface area contributed by atoms with Gasteiger partial charge in [-0.15, -0.1) is 11.8 Å². The molecule has 0 radical (unpaired) electrons. The normalized spacial score (nSPS) is 16.5. The fraction of sp³-hybridized carbons (Fsp3) is 0.280. The number of carbonyl (C=O) groups excluding carboxylic acids is 2. The van der Waals surface area contributed by atoms with Crippen LogP contribution >= 0.6 is 11.8 Å². The molecule has 4 rings (SSSR count). The second-order valence-corrected chi connectivity index (χ2v) is 8.63. The summed E-state index contributed by atoms with van der Waals surface area (Å²) in [6.07, 6.45) is 2.17. The third kappa shape index (κ3) is 4.85. The summed E-state index contributed by atoms with van der Waals surface area (Å²) in [5, 5.41) is 5.35. The van der Waals surface area contributed by atoms with Gasteiger partial charge < -0.3 is 10.1 Å². The van der Waals surface area contributed by atoms with Gasteiger partial charge in [0.05, 0.1) is 11.8 Å². The average molecular weight is 420 g/mol. The zero-order valence-electron chi connectivity index (χ0n) is 17.0. The number of thioether (sulfide) groups is 1. The van der Waals surface area contributed by atoms with Crippen molar-refractivity contribution in [2.45, 2.75) is 43.2 Å². The summed E-state index contributed by atoms with van der Waals surface area (Å²) < 4.78 is 5.38. The Balaban J connectivity index is 1.29. The molecular weight excluding hydrogens is 394 g/mol. The molecule has 3 aromatic carbocycles. The van der Waals surface area contributed by atoms with E-state index in [-0.39, 0.29) is 23.7 Å². The van der Waals surface area contributed by atoms with Gasteiger partial charge in [0.2, 0.25) is 0 Å². The topological polar surface area (TPSA) is 55.4 Å². The quantitative estimate of drug-likeness (QED) is 0.448. The maximum atomic E-state index is 12.6. The Labute approximate surface area is 181 Å². The summed E-state index contributed by atoms with van der Waals surface area (Å²) in [4.78, 5) is 25.8. The first-order valence-corrected chi connectivity index (χ1v) is 11.3. The number of nitrogens with one attached hydrogen (secondary N) is 1. The third-order valence-electron chi connectivity index (χ3n) is 5.44. The highest BCUT2D eigenvalue weighted by Crippen LogP contribution is 2.29. The van der Waals surface area contributed by atoms with Gasteiger partial charge in [0.25, 0.3) is 5.91 Å². The Morgan fingerprint density at radius 1 is 1.07 bits per heavy atom. The Morgan fingerprint density at radius 2 is 1.83 bits per heavy atom. The van der Waals surface area contributed by atoms with Gasteiger partial charge in [-0.3, -0.25) is 9.59 Å². The summed E-state index contributed by atoms with van der Waals surface area (Å²) in [6.45, 7) is 1.63. The van der Waals surface area contributed by atoms with Crippen LogP contribution in [-0.2, 0) is 20.7 Å². The van der Waals surface area contributed by atoms with Crippen molar-refractivity contribution in [3.63, 3.8) is 0 Å². The van der Waals surface area contributed by atoms with Crippen molar-refractivity contribution in [1.29, 1.82) is 0 Å². The highest BCUT2D eigenvalue weighted by molar-refractivity contribution is 8.00. The van der Waals surface area contributed by atoms with Crippen LogP contribution in [-0.4, -0.2) is 23.7 Å². The van der Waals surface area contributed by atoms with E-state index < -0.39 is 6.10 Å². The molecule has 0 saturated heterocycles. The van der Waals surface area contributed by atoms with Crippen LogP contribution in [0.15, 0.2) is 71.6 Å². The van der Waals surface area contributed by atoms with E-state index in [0.29, 0.717) is 0 Å². The highest BCUT2D eigenvalue weighted by Gasteiger charge is 2.25. The van der Waals surface area contributed by atoms with Crippen LogP contribution in [0.5, 0.6) is 0 Å². The lowest BCUT2D eigenvalue weighted by Gasteiger charge is -2.27. The first kappa shape index (κ1) is 20.5. The van der Waals surface area contributed by atoms with Gasteiger partial charge in [0.1, 0.15) is 0 Å². The monoisotopic (exact) mass is 419 g/mol. The zero-order chi connectivity index (χ0) is 20.9. The number of fused-ring (bicyclic) bond motifs is 2. The molecule has 1 amide bonds. The molecule has 0 fully saturated rings. The molecule has 30 heavy (non-hydrogen) atoms. The minimum Gasteiger partial charge on any atom is -0.452 e. The van der Waals surface area contributed by atoms with E-state index >= 15 is 0 Å². The van der Waals surface area contributed by atoms with Crippen LogP contribution in [0.4, 0.5) is 0 Å². The van der Waals surface area contributed by atoms with E-state index in [9.17, 15) is 9.59 Å². The Morgan fingerprint density at radius 3 is 2.70 bits per heavy atom. The third-order valence-corrected chi connectivity index (χ3v) is 6.41. The SMILES string of the molecule is C[C@H](OC(=O)CSc1ccc2ccccc2c1)C(=O)N[C@H]1CCCc2ccccc21. The molecule has 0 aromatic heterocycles. The molecule has 0 aliphatic heterocycles. The zero-order valence-corrected chi connectivity index (χ0v) is 17.8. The van der Waals surface area contributed by atoms with Crippen LogP contribution in [0.25, 0.3) is 10.8 Å². The predicted molar refractivity (Wildman–Crippen MR) is 120 cm³/mol. The van der Waals surface area contributed by atoms with E-state index in [1.54, 1.807) is 6.92 Å². The van der Waals surface area contributed by atoms with Gasteiger partial charge >= 0.3 is 5.97 Å². The van der Waals surface area contributed by atoms with Crippen molar-refractivity contribution in [2.24, 2.45) is 0 Å². The van der Waals surface area contributed by atoms with Crippen LogP contribution < -0.4 is 5.32 Å². The van der Waals surface area contributed by atoms with Crippen LogP contribution in [0.2, 0.25) is 0 Å². The highest BCUT2D eigenvalue weighted by atomic mass is 32.2. The largest absolute Gasteiger partial charge is 0.452 e. The fourth-order valence-electron chi connectivity index (χ4n) is 3.88. The molecule has 1 aliphatic carbocycles. The number of benzene rings is 3. The Bertz CT molecular complexity index is 1060. The summed E-state index contributed by atoms with van der Waals surface area (Å²) >= 11 is 1.42. The van der Waals surface area contributed by atoms with Gasteiger partial charge in [-0.2, -0.15) is 0 Å². The molecule has 0 bridgehead atoms. The summed E-state index contributed by atoms with van der Waals surface area (Å²) in [7, 11) is 0. The van der Waals surface area contributed by atoms with Gasteiger partial charge in [-0.05, 0) is 60.2 Å². The minimum absolute atomic E-state index is 0.0180. The molecule has 1 N–H and O–H groups in total. The Kier molecular flexibility index (Phi) is 6.38. The first-order chi connectivity index (χ1) is 14.6. The lowest BCUT2D eigenvalue weighted by atomic mass is 9.87. The number of ether oxygens (including phenoxy) is 1. The lowest BCUT2D eigenvalue weighted by Crippen LogP contribution is -2.39. The van der Waals surface area contributed by atoms with E-state index in [1.165, 1.54) is 28.3 Å². The van der Waals surface area contributed by atoms with Crippen molar-refractivity contribution in [3.05, 3.63) is 77.9 Å². The number of aryl methyl sites for hydroxylation is 1. The van der Waals surface area contributed by atoms with Crippen molar-refractivity contribution in [3.8, 4) is 0 Å². The average Bonchev–Trinajstić information content (AvgIpc) is 2.77. The molecule has 0 saturated carbocycles. The molecule has 0 unspecified atom stereocenters. The van der Waals surface area contributed by atoms with Crippen LogP contribution in [0.3, 0.4) is 0 Å². The molecule has 154 valence electrons. The van der Waals surface area contributed by atoms with Crippen LogP contribution in [0.1, 0.15) is 36.9 Å². The molecule has 1 aliphatic rings. The second-order valence-electron chi connectivity index (χ2n) is 7.58. The van der Waals surface area contributed by atoms with E-state index in [1.807, 2.05) is 42.5 Å². The van der Waals surface area contributed by atoms with Gasteiger partial charge in [-0.1, -0.05) is 54.6 Å². The number of esters is 1. The molecular formula is C25H25NO3S. The van der Waals surface area contributed by atoms with Crippen LogP contribution in [0, 0.1) is 0 Å². The number of hydrogen-bond donors (Lipinski definition) is 1. The maximum absolute atomic E-state index is 12.6. The molecule has 4 nitrogen and oxygen atoms in total. The minimum atomic E-state index is -0.816. The molecule has 2 atom stereocenters. The van der Waals surface area contributed by atoms with Gasteiger partial charge in [0, 0.05) is 4.90 Å². The first-order valence-electron chi connectivity index (χ1n) is 10.3. The van der Waals surface area contributed by atoms with Gasteiger partial charge in [0.15, 0.2) is 6.10 Å². The summed E-state index contributed by atoms with van der Waals surface area (Å²) in [5.41, 5.74) is 2.45. The smallest absolute Gasteiger partial charge is 0.317 e. The second kappa shape index (κ2) is 9.35. The van der Waals surface area contributed by atoms with E-state index in [0.717, 1.165) is 29.5 Å². The molecule has 3 aromatic rings. The van der Waals surface area contributed by atoms with E-state index in [2.05, 4.69) is 29.6 Å². The number of hydrogen-bond acceptors (Lipinski definition) is 4. The number of rotatable bonds is 6. The molecule has 0 spiro atoms. The standard InChI is InChI=1S/C25H25NO3S/c1-17(25(28)26-23-12-6-10-19-8-4-5-11-22(19)23)29-24(27)16-30-21-14-13-18-7-2-3-9-20(18)15-21/h2-5,7-9,11,13-15,17,23H,6,10,12,16H2,1H3,(H,26,28)/t17-,23-/m0/s1. The van der Waals surface area contributed by atoms with Crippen molar-refractivity contribution in [2.75, 3.05) is 5.75 Å². The van der Waals surface area contributed by atoms with Crippen molar-refractivity contribution in [1.82, 2.24) is 5.32 Å². The fourth-order valence-corrected chi connectivity index (χ4v) is 4.60.